The van der Waals surface area contributed by atoms with Crippen molar-refractivity contribution in [2.45, 2.75) is 27.2 Å². The van der Waals surface area contributed by atoms with E-state index in [1.807, 2.05) is 6.92 Å². The Kier molecular flexibility index (Phi) is 7.88. The normalized spacial score (nSPS) is 10.9. The Balaban J connectivity index is 1.42. The summed E-state index contributed by atoms with van der Waals surface area (Å²) in [5.74, 6) is 0.764. The summed E-state index contributed by atoms with van der Waals surface area (Å²) in [6.45, 7) is 5.36. The topological polar surface area (TPSA) is 115 Å². The number of ether oxygens (including phenoxy) is 3. The van der Waals surface area contributed by atoms with Gasteiger partial charge in [0.15, 0.2) is 11.5 Å². The van der Waals surface area contributed by atoms with Gasteiger partial charge in [0.1, 0.15) is 22.6 Å². The standard InChI is InChI=1S/C32H29FN4O5/c1-6-23-28(30(38)27(18(3)35-23)22-12-7-19(33)15-17(22)2)31(39)36-20-8-10-21(11-9-20)42-25-13-14-34-24-16-26(40-4)32(41-5)37-29(24)25/h7-16H,6H2,1-5H3,(H,35,38)(H,36,39). The van der Waals surface area contributed by atoms with E-state index in [9.17, 15) is 14.0 Å². The first-order valence-electron chi connectivity index (χ1n) is 13.2. The number of halogens is 1. The van der Waals surface area contributed by atoms with Gasteiger partial charge in [0.25, 0.3) is 11.8 Å². The number of aromatic amines is 1. The predicted octanol–water partition coefficient (Wildman–Crippen LogP) is 6.37. The summed E-state index contributed by atoms with van der Waals surface area (Å²) in [6, 6.07) is 14.4. The minimum Gasteiger partial charge on any atom is -0.491 e. The SMILES string of the molecule is CCc1[nH]c(C)c(-c2ccc(F)cc2C)c(=O)c1C(=O)Nc1ccc(Oc2ccnc3cc(OC)c(OC)nc23)cc1. The molecule has 214 valence electrons. The average molecular weight is 569 g/mol. The number of aromatic nitrogens is 3. The van der Waals surface area contributed by atoms with Crippen LogP contribution in [0, 0.1) is 19.7 Å². The average Bonchev–Trinajstić information content (AvgIpc) is 2.98. The van der Waals surface area contributed by atoms with E-state index in [0.29, 0.717) is 74.3 Å². The summed E-state index contributed by atoms with van der Waals surface area (Å²) >= 11 is 0. The van der Waals surface area contributed by atoms with Crippen molar-refractivity contribution < 1.29 is 23.4 Å². The zero-order valence-electron chi connectivity index (χ0n) is 23.8. The minimum absolute atomic E-state index is 0.0147. The Bertz CT molecular complexity index is 1870. The molecule has 0 fully saturated rings. The summed E-state index contributed by atoms with van der Waals surface area (Å²) in [7, 11) is 3.02. The zero-order chi connectivity index (χ0) is 30.0. The number of amides is 1. The number of fused-ring (bicyclic) bond motifs is 1. The lowest BCUT2D eigenvalue weighted by atomic mass is 9.95. The van der Waals surface area contributed by atoms with Gasteiger partial charge in [0.05, 0.1) is 19.7 Å². The summed E-state index contributed by atoms with van der Waals surface area (Å²) in [6.07, 6.45) is 2.05. The van der Waals surface area contributed by atoms with Gasteiger partial charge in [0.2, 0.25) is 5.43 Å². The number of nitrogens with one attached hydrogen (secondary N) is 2. The second kappa shape index (κ2) is 11.7. The van der Waals surface area contributed by atoms with Gasteiger partial charge in [-0.3, -0.25) is 14.6 Å². The van der Waals surface area contributed by atoms with Crippen LogP contribution in [0.4, 0.5) is 10.1 Å². The van der Waals surface area contributed by atoms with Gasteiger partial charge in [-0.2, -0.15) is 0 Å². The highest BCUT2D eigenvalue weighted by molar-refractivity contribution is 6.05. The fourth-order valence-corrected chi connectivity index (χ4v) is 4.83. The lowest BCUT2D eigenvalue weighted by molar-refractivity contribution is 0.102. The Morgan fingerprint density at radius 3 is 2.43 bits per heavy atom. The molecule has 2 aromatic carbocycles. The van der Waals surface area contributed by atoms with Crippen molar-refractivity contribution in [2.24, 2.45) is 0 Å². The van der Waals surface area contributed by atoms with Crippen molar-refractivity contribution in [1.82, 2.24) is 15.0 Å². The molecular weight excluding hydrogens is 539 g/mol. The second-order valence-electron chi connectivity index (χ2n) is 9.58. The maximum absolute atomic E-state index is 13.7. The van der Waals surface area contributed by atoms with Gasteiger partial charge in [-0.15, -0.1) is 0 Å². The minimum atomic E-state index is -0.548. The molecule has 5 rings (SSSR count). The molecule has 0 aliphatic heterocycles. The van der Waals surface area contributed by atoms with Crippen molar-refractivity contribution >= 4 is 22.6 Å². The van der Waals surface area contributed by atoms with Crippen molar-refractivity contribution in [2.75, 3.05) is 19.5 Å². The van der Waals surface area contributed by atoms with Crippen LogP contribution >= 0.6 is 0 Å². The molecule has 0 atom stereocenters. The molecule has 2 N–H and O–H groups in total. The van der Waals surface area contributed by atoms with E-state index < -0.39 is 17.2 Å². The molecule has 0 aliphatic carbocycles. The Labute approximate surface area is 241 Å². The number of rotatable bonds is 8. The number of methoxy groups -OCH3 is 2. The number of carbonyl (C=O) groups is 1. The number of benzene rings is 2. The predicted molar refractivity (Wildman–Crippen MR) is 158 cm³/mol. The van der Waals surface area contributed by atoms with Gasteiger partial charge < -0.3 is 24.5 Å². The van der Waals surface area contributed by atoms with Gasteiger partial charge in [-0.25, -0.2) is 9.37 Å². The summed E-state index contributed by atoms with van der Waals surface area (Å²) in [4.78, 5) is 39.1. The molecule has 0 aliphatic rings. The maximum Gasteiger partial charge on any atom is 0.261 e. The van der Waals surface area contributed by atoms with E-state index in [0.717, 1.165) is 0 Å². The molecule has 1 amide bonds. The van der Waals surface area contributed by atoms with E-state index in [-0.39, 0.29) is 5.56 Å². The summed E-state index contributed by atoms with van der Waals surface area (Å²) in [5.41, 5.74) is 3.77. The molecule has 0 saturated heterocycles. The molecular formula is C32H29FN4O5. The first kappa shape index (κ1) is 28.3. The first-order chi connectivity index (χ1) is 20.2. The number of hydrogen-bond donors (Lipinski definition) is 2. The maximum atomic E-state index is 13.7. The molecule has 3 heterocycles. The number of aryl methyl sites for hydroxylation is 3. The third-order valence-electron chi connectivity index (χ3n) is 6.87. The molecule has 0 bridgehead atoms. The fourth-order valence-electron chi connectivity index (χ4n) is 4.83. The van der Waals surface area contributed by atoms with E-state index in [1.165, 1.54) is 26.4 Å². The van der Waals surface area contributed by atoms with E-state index in [2.05, 4.69) is 20.3 Å². The van der Waals surface area contributed by atoms with E-state index in [4.69, 9.17) is 14.2 Å². The van der Waals surface area contributed by atoms with Crippen LogP contribution in [0.2, 0.25) is 0 Å². The van der Waals surface area contributed by atoms with Crippen LogP contribution in [0.15, 0.2) is 65.6 Å². The smallest absolute Gasteiger partial charge is 0.261 e. The highest BCUT2D eigenvalue weighted by atomic mass is 19.1. The van der Waals surface area contributed by atoms with Gasteiger partial charge in [-0.1, -0.05) is 13.0 Å². The third kappa shape index (κ3) is 5.38. The largest absolute Gasteiger partial charge is 0.491 e. The molecule has 0 spiro atoms. The number of pyridine rings is 3. The van der Waals surface area contributed by atoms with Crippen LogP contribution in [0.1, 0.15) is 34.2 Å². The fraction of sp³-hybridized carbons (Fsp3) is 0.188. The Morgan fingerprint density at radius 1 is 1.00 bits per heavy atom. The first-order valence-corrected chi connectivity index (χ1v) is 13.2. The molecule has 0 saturated carbocycles. The number of H-pyrrole nitrogens is 1. The van der Waals surface area contributed by atoms with Crippen molar-refractivity contribution in [3.8, 4) is 34.3 Å². The van der Waals surface area contributed by atoms with Gasteiger partial charge in [0, 0.05) is 41.0 Å². The molecule has 9 nitrogen and oxygen atoms in total. The molecule has 42 heavy (non-hydrogen) atoms. The van der Waals surface area contributed by atoms with Gasteiger partial charge in [-0.05, 0) is 67.8 Å². The Morgan fingerprint density at radius 2 is 1.76 bits per heavy atom. The zero-order valence-corrected chi connectivity index (χ0v) is 23.8. The number of anilines is 1. The molecule has 0 radical (unpaired) electrons. The number of hydrogen-bond acceptors (Lipinski definition) is 7. The van der Waals surface area contributed by atoms with Crippen LogP contribution in [0.25, 0.3) is 22.2 Å². The molecule has 10 heteroatoms. The van der Waals surface area contributed by atoms with Gasteiger partial charge >= 0.3 is 0 Å². The lowest BCUT2D eigenvalue weighted by Gasteiger charge is -2.15. The molecule has 5 aromatic rings. The summed E-state index contributed by atoms with van der Waals surface area (Å²) < 4.78 is 30.4. The number of nitrogens with zero attached hydrogens (tertiary/aromatic N) is 2. The van der Waals surface area contributed by atoms with Crippen LogP contribution in [0.3, 0.4) is 0 Å². The van der Waals surface area contributed by atoms with Crippen molar-refractivity contribution in [3.05, 3.63) is 99.3 Å². The van der Waals surface area contributed by atoms with Crippen LogP contribution in [0.5, 0.6) is 23.1 Å². The van der Waals surface area contributed by atoms with E-state index >= 15 is 0 Å². The highest BCUT2D eigenvalue weighted by Crippen LogP contribution is 2.34. The molecule has 0 unspecified atom stereocenters. The molecule has 3 aromatic heterocycles. The van der Waals surface area contributed by atoms with Crippen molar-refractivity contribution in [3.63, 3.8) is 0 Å². The van der Waals surface area contributed by atoms with Crippen LogP contribution < -0.4 is 25.0 Å². The van der Waals surface area contributed by atoms with Crippen molar-refractivity contribution in [1.29, 1.82) is 0 Å². The van der Waals surface area contributed by atoms with Crippen LogP contribution in [-0.4, -0.2) is 35.1 Å². The van der Waals surface area contributed by atoms with Crippen LogP contribution in [-0.2, 0) is 6.42 Å². The number of carbonyl (C=O) groups excluding carboxylic acids is 1. The highest BCUT2D eigenvalue weighted by Gasteiger charge is 2.22. The van der Waals surface area contributed by atoms with E-state index in [1.54, 1.807) is 62.5 Å². The lowest BCUT2D eigenvalue weighted by Crippen LogP contribution is -2.27. The third-order valence-corrected chi connectivity index (χ3v) is 6.87. The Hall–Kier alpha value is -5.25. The second-order valence-corrected chi connectivity index (χ2v) is 9.58. The quantitative estimate of drug-likeness (QED) is 0.224. The summed E-state index contributed by atoms with van der Waals surface area (Å²) in [5, 5.41) is 2.82. The monoisotopic (exact) mass is 568 g/mol.